The van der Waals surface area contributed by atoms with E-state index in [0.717, 1.165) is 36.2 Å². The fourth-order valence-corrected chi connectivity index (χ4v) is 3.88. The summed E-state index contributed by atoms with van der Waals surface area (Å²) in [7, 11) is 0. The Balaban J connectivity index is 0.00000161. The van der Waals surface area contributed by atoms with Gasteiger partial charge in [0.25, 0.3) is 0 Å². The third-order valence-electron chi connectivity index (χ3n) is 3.58. The fourth-order valence-electron chi connectivity index (χ4n) is 2.72. The number of thiophene rings is 1. The van der Waals surface area contributed by atoms with Crippen LogP contribution in [0.15, 0.2) is 39.5 Å². The average Bonchev–Trinajstić information content (AvgIpc) is 2.93. The third kappa shape index (κ3) is 4.05. The Bertz CT molecular complexity index is 553. The molecule has 1 saturated heterocycles. The zero-order chi connectivity index (χ0) is 13.9. The predicted octanol–water partition coefficient (Wildman–Crippen LogP) is 4.07. The van der Waals surface area contributed by atoms with E-state index >= 15 is 0 Å². The molecular weight excluding hydrogens is 375 g/mol. The van der Waals surface area contributed by atoms with Crippen LogP contribution in [0.5, 0.6) is 0 Å². The SMILES string of the molecule is Cl.Fc1cc(Br)cc([C@@H](c2ccsc2)N2CCNCC2)c1. The Morgan fingerprint density at radius 3 is 2.57 bits per heavy atom. The summed E-state index contributed by atoms with van der Waals surface area (Å²) >= 11 is 5.09. The number of halogens is 3. The minimum atomic E-state index is -0.190. The molecule has 0 aliphatic carbocycles. The monoisotopic (exact) mass is 390 g/mol. The lowest BCUT2D eigenvalue weighted by atomic mass is 9.99. The standard InChI is InChI=1S/C15H16BrFN2S.ClH/c16-13-7-12(8-14(17)9-13)15(11-1-6-20-10-11)19-4-2-18-3-5-19;/h1,6-10,15,18H,2-5H2;1H/t15-;/m1./s1. The van der Waals surface area contributed by atoms with Gasteiger partial charge in [0.1, 0.15) is 5.82 Å². The van der Waals surface area contributed by atoms with Crippen LogP contribution < -0.4 is 5.32 Å². The van der Waals surface area contributed by atoms with E-state index in [0.29, 0.717) is 0 Å². The van der Waals surface area contributed by atoms with E-state index in [4.69, 9.17) is 0 Å². The second-order valence-electron chi connectivity index (χ2n) is 4.95. The molecule has 21 heavy (non-hydrogen) atoms. The maximum absolute atomic E-state index is 13.7. The van der Waals surface area contributed by atoms with Gasteiger partial charge in [-0.05, 0) is 46.2 Å². The molecule has 0 bridgehead atoms. The van der Waals surface area contributed by atoms with Crippen molar-refractivity contribution in [3.63, 3.8) is 0 Å². The van der Waals surface area contributed by atoms with Gasteiger partial charge in [-0.1, -0.05) is 15.9 Å². The summed E-state index contributed by atoms with van der Waals surface area (Å²) in [5, 5.41) is 7.61. The molecule has 0 amide bonds. The molecule has 2 aromatic rings. The number of nitrogens with zero attached hydrogens (tertiary/aromatic N) is 1. The molecule has 2 nitrogen and oxygen atoms in total. The first-order chi connectivity index (χ1) is 9.74. The minimum absolute atomic E-state index is 0. The topological polar surface area (TPSA) is 15.3 Å². The van der Waals surface area contributed by atoms with Gasteiger partial charge < -0.3 is 5.32 Å². The summed E-state index contributed by atoms with van der Waals surface area (Å²) in [6.45, 7) is 3.93. The van der Waals surface area contributed by atoms with Gasteiger partial charge in [0.15, 0.2) is 0 Å². The maximum Gasteiger partial charge on any atom is 0.124 e. The molecule has 1 aromatic carbocycles. The Kier molecular flexibility index (Phi) is 6.20. The lowest BCUT2D eigenvalue weighted by Crippen LogP contribution is -2.45. The number of hydrogen-bond acceptors (Lipinski definition) is 3. The number of hydrogen-bond donors (Lipinski definition) is 1. The van der Waals surface area contributed by atoms with Crippen molar-refractivity contribution in [3.8, 4) is 0 Å². The van der Waals surface area contributed by atoms with Crippen LogP contribution in [0, 0.1) is 5.82 Å². The smallest absolute Gasteiger partial charge is 0.124 e. The molecular formula is C15H17BrClFN2S. The number of rotatable bonds is 3. The summed E-state index contributed by atoms with van der Waals surface area (Å²) < 4.78 is 14.5. The van der Waals surface area contributed by atoms with Crippen molar-refractivity contribution in [2.24, 2.45) is 0 Å². The van der Waals surface area contributed by atoms with Gasteiger partial charge in [0.2, 0.25) is 0 Å². The van der Waals surface area contributed by atoms with Crippen LogP contribution in [0.25, 0.3) is 0 Å². The van der Waals surface area contributed by atoms with Crippen molar-refractivity contribution in [2.45, 2.75) is 6.04 Å². The van der Waals surface area contributed by atoms with Crippen LogP contribution in [-0.2, 0) is 0 Å². The summed E-state index contributed by atoms with van der Waals surface area (Å²) in [5.74, 6) is -0.190. The van der Waals surface area contributed by atoms with Gasteiger partial charge in [0.05, 0.1) is 6.04 Å². The summed E-state index contributed by atoms with van der Waals surface area (Å²) in [6, 6.07) is 7.44. The van der Waals surface area contributed by atoms with Crippen LogP contribution >= 0.6 is 39.7 Å². The molecule has 0 radical (unpaired) electrons. The van der Waals surface area contributed by atoms with Gasteiger partial charge in [0, 0.05) is 30.7 Å². The van der Waals surface area contributed by atoms with Gasteiger partial charge in [-0.25, -0.2) is 4.39 Å². The van der Waals surface area contributed by atoms with Crippen molar-refractivity contribution in [3.05, 3.63) is 56.4 Å². The second kappa shape index (κ2) is 7.70. The highest BCUT2D eigenvalue weighted by Crippen LogP contribution is 2.32. The molecule has 0 spiro atoms. The molecule has 1 aliphatic heterocycles. The van der Waals surface area contributed by atoms with Crippen molar-refractivity contribution in [1.29, 1.82) is 0 Å². The maximum atomic E-state index is 13.7. The van der Waals surface area contributed by atoms with Crippen molar-refractivity contribution in [2.75, 3.05) is 26.2 Å². The molecule has 114 valence electrons. The van der Waals surface area contributed by atoms with Gasteiger partial charge in [-0.3, -0.25) is 4.90 Å². The van der Waals surface area contributed by atoms with E-state index in [1.165, 1.54) is 11.6 Å². The van der Waals surface area contributed by atoms with Crippen LogP contribution in [-0.4, -0.2) is 31.1 Å². The molecule has 6 heteroatoms. The molecule has 1 atom stereocenters. The number of piperazine rings is 1. The second-order valence-corrected chi connectivity index (χ2v) is 6.64. The molecule has 3 rings (SSSR count). The molecule has 1 N–H and O–H groups in total. The Morgan fingerprint density at radius 2 is 1.95 bits per heavy atom. The van der Waals surface area contributed by atoms with Crippen LogP contribution in [0.1, 0.15) is 17.2 Å². The quantitative estimate of drug-likeness (QED) is 0.848. The zero-order valence-electron chi connectivity index (χ0n) is 11.4. The van der Waals surface area contributed by atoms with Crippen molar-refractivity contribution >= 4 is 39.7 Å². The Morgan fingerprint density at radius 1 is 1.19 bits per heavy atom. The molecule has 0 saturated carbocycles. The lowest BCUT2D eigenvalue weighted by Gasteiger charge is -2.35. The molecule has 0 unspecified atom stereocenters. The highest BCUT2D eigenvalue weighted by atomic mass is 79.9. The molecule has 1 aromatic heterocycles. The summed E-state index contributed by atoms with van der Waals surface area (Å²) in [6.07, 6.45) is 0. The molecule has 2 heterocycles. The van der Waals surface area contributed by atoms with Crippen LogP contribution in [0.3, 0.4) is 0 Å². The summed E-state index contributed by atoms with van der Waals surface area (Å²) in [5.41, 5.74) is 2.26. The predicted molar refractivity (Wildman–Crippen MR) is 92.0 cm³/mol. The van der Waals surface area contributed by atoms with Gasteiger partial charge in [-0.15, -0.1) is 12.4 Å². The van der Waals surface area contributed by atoms with Gasteiger partial charge >= 0.3 is 0 Å². The molecule has 1 fully saturated rings. The minimum Gasteiger partial charge on any atom is -0.314 e. The Hall–Kier alpha value is -0.460. The van der Waals surface area contributed by atoms with Crippen molar-refractivity contribution < 1.29 is 4.39 Å². The first-order valence-electron chi connectivity index (χ1n) is 6.67. The van der Waals surface area contributed by atoms with Crippen molar-refractivity contribution in [1.82, 2.24) is 10.2 Å². The van der Waals surface area contributed by atoms with E-state index in [9.17, 15) is 4.39 Å². The average molecular weight is 392 g/mol. The number of benzene rings is 1. The molecule has 1 aliphatic rings. The van der Waals surface area contributed by atoms with E-state index in [1.807, 2.05) is 6.07 Å². The first-order valence-corrected chi connectivity index (χ1v) is 8.40. The van der Waals surface area contributed by atoms with E-state index in [1.54, 1.807) is 17.4 Å². The van der Waals surface area contributed by atoms with Gasteiger partial charge in [-0.2, -0.15) is 11.3 Å². The zero-order valence-corrected chi connectivity index (χ0v) is 14.6. The van der Waals surface area contributed by atoms with Crippen LogP contribution in [0.4, 0.5) is 4.39 Å². The number of nitrogens with one attached hydrogen (secondary N) is 1. The fraction of sp³-hybridized carbons (Fsp3) is 0.333. The highest BCUT2D eigenvalue weighted by molar-refractivity contribution is 9.10. The first kappa shape index (κ1) is 16.9. The van der Waals surface area contributed by atoms with E-state index < -0.39 is 0 Å². The normalized spacial score (nSPS) is 17.2. The lowest BCUT2D eigenvalue weighted by molar-refractivity contribution is 0.198. The van der Waals surface area contributed by atoms with Crippen LogP contribution in [0.2, 0.25) is 0 Å². The largest absolute Gasteiger partial charge is 0.314 e. The van der Waals surface area contributed by atoms with E-state index in [2.05, 4.69) is 43.0 Å². The Labute approximate surface area is 142 Å². The highest BCUT2D eigenvalue weighted by Gasteiger charge is 2.24. The third-order valence-corrected chi connectivity index (χ3v) is 4.74. The summed E-state index contributed by atoms with van der Waals surface area (Å²) in [4.78, 5) is 2.42. The van der Waals surface area contributed by atoms with E-state index in [-0.39, 0.29) is 24.3 Å².